The number of hydrazone groups is 1. The average Bonchev–Trinajstić information content (AvgIpc) is 2.71. The summed E-state index contributed by atoms with van der Waals surface area (Å²) in [6, 6.07) is 17.5. The molecule has 6 nitrogen and oxygen atoms in total. The Bertz CT molecular complexity index is 1100. The van der Waals surface area contributed by atoms with Crippen LogP contribution in [0.15, 0.2) is 71.8 Å². The molecule has 0 radical (unpaired) electrons. The molecule has 0 saturated heterocycles. The van der Waals surface area contributed by atoms with Crippen LogP contribution in [0.3, 0.4) is 0 Å². The zero-order chi connectivity index (χ0) is 20.8. The second-order valence-electron chi connectivity index (χ2n) is 5.92. The molecule has 0 atom stereocenters. The minimum absolute atomic E-state index is 0.0170. The van der Waals surface area contributed by atoms with Crippen LogP contribution in [-0.2, 0) is 0 Å². The number of aromatic hydroxyl groups is 1. The Labute approximate surface area is 176 Å². The van der Waals surface area contributed by atoms with E-state index in [-0.39, 0.29) is 17.2 Å². The van der Waals surface area contributed by atoms with Crippen molar-refractivity contribution in [3.8, 4) is 5.75 Å². The SMILES string of the molecule is O=C(N/N=C/c1cc(Cl)ccc1O)c1cccc(NC(=O)c2ccccc2Cl)c1. The molecule has 0 unspecified atom stereocenters. The lowest BCUT2D eigenvalue weighted by Gasteiger charge is -2.08. The predicted octanol–water partition coefficient (Wildman–Crippen LogP) is 4.72. The first-order chi connectivity index (χ1) is 13.9. The molecule has 146 valence electrons. The molecule has 3 aromatic carbocycles. The van der Waals surface area contributed by atoms with Crippen LogP contribution >= 0.6 is 23.2 Å². The summed E-state index contributed by atoms with van der Waals surface area (Å²) in [5.74, 6) is -0.893. The Morgan fingerprint density at radius 1 is 0.931 bits per heavy atom. The van der Waals surface area contributed by atoms with Crippen LogP contribution in [0.2, 0.25) is 10.0 Å². The van der Waals surface area contributed by atoms with Gasteiger partial charge in [-0.2, -0.15) is 5.10 Å². The van der Waals surface area contributed by atoms with Gasteiger partial charge in [-0.15, -0.1) is 0 Å². The number of nitrogens with zero attached hydrogens (tertiary/aromatic N) is 1. The molecule has 0 aliphatic carbocycles. The van der Waals surface area contributed by atoms with Crippen molar-refractivity contribution in [3.63, 3.8) is 0 Å². The van der Waals surface area contributed by atoms with E-state index < -0.39 is 5.91 Å². The highest BCUT2D eigenvalue weighted by molar-refractivity contribution is 6.34. The highest BCUT2D eigenvalue weighted by Crippen LogP contribution is 2.20. The van der Waals surface area contributed by atoms with Crippen molar-refractivity contribution in [2.75, 3.05) is 5.32 Å². The minimum Gasteiger partial charge on any atom is -0.507 e. The number of phenolic OH excluding ortho intramolecular Hbond substituents is 1. The largest absolute Gasteiger partial charge is 0.507 e. The molecule has 0 aliphatic rings. The van der Waals surface area contributed by atoms with Crippen molar-refractivity contribution < 1.29 is 14.7 Å². The van der Waals surface area contributed by atoms with E-state index in [0.29, 0.717) is 26.9 Å². The number of benzene rings is 3. The second kappa shape index (κ2) is 9.23. The summed E-state index contributed by atoms with van der Waals surface area (Å²) in [5, 5.41) is 17.0. The Kier molecular flexibility index (Phi) is 6.49. The van der Waals surface area contributed by atoms with Crippen LogP contribution in [0.5, 0.6) is 5.75 Å². The summed E-state index contributed by atoms with van der Waals surface area (Å²) >= 11 is 11.9. The van der Waals surface area contributed by atoms with E-state index >= 15 is 0 Å². The van der Waals surface area contributed by atoms with E-state index in [4.69, 9.17) is 23.2 Å². The van der Waals surface area contributed by atoms with Gasteiger partial charge < -0.3 is 10.4 Å². The minimum atomic E-state index is -0.489. The molecule has 0 aromatic heterocycles. The fraction of sp³-hybridized carbons (Fsp3) is 0. The van der Waals surface area contributed by atoms with Gasteiger partial charge in [0, 0.05) is 21.8 Å². The Balaban J connectivity index is 1.68. The smallest absolute Gasteiger partial charge is 0.271 e. The van der Waals surface area contributed by atoms with Crippen molar-refractivity contribution in [3.05, 3.63) is 93.5 Å². The quantitative estimate of drug-likeness (QED) is 0.406. The van der Waals surface area contributed by atoms with Crippen LogP contribution in [0.1, 0.15) is 26.3 Å². The lowest BCUT2D eigenvalue weighted by atomic mass is 10.1. The first-order valence-corrected chi connectivity index (χ1v) is 9.17. The van der Waals surface area contributed by atoms with E-state index in [1.807, 2.05) is 0 Å². The predicted molar refractivity (Wildman–Crippen MR) is 114 cm³/mol. The van der Waals surface area contributed by atoms with Gasteiger partial charge >= 0.3 is 0 Å². The summed E-state index contributed by atoms with van der Waals surface area (Å²) in [4.78, 5) is 24.7. The maximum Gasteiger partial charge on any atom is 0.271 e. The van der Waals surface area contributed by atoms with Crippen molar-refractivity contribution in [1.29, 1.82) is 0 Å². The monoisotopic (exact) mass is 427 g/mol. The summed E-state index contributed by atoms with van der Waals surface area (Å²) in [6.07, 6.45) is 1.28. The lowest BCUT2D eigenvalue weighted by Crippen LogP contribution is -2.18. The standard InChI is InChI=1S/C21H15Cl2N3O3/c22-15-8-9-19(27)14(10-15)12-24-26-20(28)13-4-3-5-16(11-13)25-21(29)17-6-1-2-7-18(17)23/h1-12,27H,(H,25,29)(H,26,28)/b24-12+. The third-order valence-corrected chi connectivity index (χ3v) is 4.43. The lowest BCUT2D eigenvalue weighted by molar-refractivity contribution is 0.0953. The van der Waals surface area contributed by atoms with Crippen molar-refractivity contribution in [1.82, 2.24) is 5.43 Å². The number of halogens is 2. The molecule has 0 aliphatic heterocycles. The number of hydrogen-bond acceptors (Lipinski definition) is 4. The summed E-state index contributed by atoms with van der Waals surface area (Å²) in [6.45, 7) is 0. The molecule has 2 amide bonds. The molecule has 3 aromatic rings. The van der Waals surface area contributed by atoms with Gasteiger partial charge in [-0.1, -0.05) is 41.4 Å². The molecule has 0 spiro atoms. The second-order valence-corrected chi connectivity index (χ2v) is 6.76. The van der Waals surface area contributed by atoms with E-state index in [9.17, 15) is 14.7 Å². The van der Waals surface area contributed by atoms with Crippen LogP contribution in [-0.4, -0.2) is 23.1 Å². The number of carbonyl (C=O) groups is 2. The molecule has 0 bridgehead atoms. The van der Waals surface area contributed by atoms with Gasteiger partial charge in [0.05, 0.1) is 16.8 Å². The molecule has 0 heterocycles. The summed E-state index contributed by atoms with van der Waals surface area (Å²) in [5.41, 5.74) is 3.76. The van der Waals surface area contributed by atoms with Crippen LogP contribution < -0.4 is 10.7 Å². The van der Waals surface area contributed by atoms with Gasteiger partial charge in [0.15, 0.2) is 0 Å². The van der Waals surface area contributed by atoms with Crippen molar-refractivity contribution >= 4 is 46.9 Å². The maximum atomic E-state index is 12.4. The molecule has 3 rings (SSSR count). The molecule has 8 heteroatoms. The zero-order valence-electron chi connectivity index (χ0n) is 14.9. The topological polar surface area (TPSA) is 90.8 Å². The molecule has 29 heavy (non-hydrogen) atoms. The van der Waals surface area contributed by atoms with E-state index in [1.54, 1.807) is 42.5 Å². The van der Waals surface area contributed by atoms with E-state index in [2.05, 4.69) is 15.8 Å². The summed E-state index contributed by atoms with van der Waals surface area (Å²) in [7, 11) is 0. The van der Waals surface area contributed by atoms with Gasteiger partial charge in [0.25, 0.3) is 11.8 Å². The third-order valence-electron chi connectivity index (χ3n) is 3.86. The fourth-order valence-electron chi connectivity index (χ4n) is 2.44. The van der Waals surface area contributed by atoms with Crippen LogP contribution in [0.25, 0.3) is 0 Å². The zero-order valence-corrected chi connectivity index (χ0v) is 16.4. The van der Waals surface area contributed by atoms with Crippen molar-refractivity contribution in [2.45, 2.75) is 0 Å². The van der Waals surface area contributed by atoms with Gasteiger partial charge in [0.2, 0.25) is 0 Å². The number of rotatable bonds is 5. The van der Waals surface area contributed by atoms with E-state index in [1.165, 1.54) is 30.5 Å². The van der Waals surface area contributed by atoms with Crippen molar-refractivity contribution in [2.24, 2.45) is 5.10 Å². The molecule has 3 N–H and O–H groups in total. The normalized spacial score (nSPS) is 10.7. The number of anilines is 1. The van der Waals surface area contributed by atoms with Gasteiger partial charge in [-0.05, 0) is 48.5 Å². The highest BCUT2D eigenvalue weighted by Gasteiger charge is 2.11. The third kappa shape index (κ3) is 5.34. The van der Waals surface area contributed by atoms with Gasteiger partial charge in [-0.25, -0.2) is 5.43 Å². The van der Waals surface area contributed by atoms with Gasteiger partial charge in [-0.3, -0.25) is 9.59 Å². The van der Waals surface area contributed by atoms with Crippen LogP contribution in [0.4, 0.5) is 5.69 Å². The number of carbonyl (C=O) groups excluding carboxylic acids is 2. The summed E-state index contributed by atoms with van der Waals surface area (Å²) < 4.78 is 0. The first kappa shape index (κ1) is 20.4. The molecular weight excluding hydrogens is 413 g/mol. The fourth-order valence-corrected chi connectivity index (χ4v) is 2.84. The molecule has 0 fully saturated rings. The Morgan fingerprint density at radius 2 is 1.72 bits per heavy atom. The highest BCUT2D eigenvalue weighted by atomic mass is 35.5. The molecule has 0 saturated carbocycles. The Hall–Kier alpha value is -3.35. The van der Waals surface area contributed by atoms with Gasteiger partial charge in [0.1, 0.15) is 5.75 Å². The number of hydrogen-bond donors (Lipinski definition) is 3. The first-order valence-electron chi connectivity index (χ1n) is 8.42. The number of phenols is 1. The molecular formula is C21H15Cl2N3O3. The number of nitrogens with one attached hydrogen (secondary N) is 2. The number of amides is 2. The average molecular weight is 428 g/mol. The van der Waals surface area contributed by atoms with Crippen LogP contribution in [0, 0.1) is 0 Å². The Morgan fingerprint density at radius 3 is 2.52 bits per heavy atom. The maximum absolute atomic E-state index is 12.4. The van der Waals surface area contributed by atoms with E-state index in [0.717, 1.165) is 0 Å².